The van der Waals surface area contributed by atoms with Crippen molar-refractivity contribution < 1.29 is 0 Å². The van der Waals surface area contributed by atoms with E-state index in [2.05, 4.69) is 181 Å². The van der Waals surface area contributed by atoms with Crippen molar-refractivity contribution in [2.45, 2.75) is 0 Å². The first-order chi connectivity index (χ1) is 28.7. The summed E-state index contributed by atoms with van der Waals surface area (Å²) in [7, 11) is 0. The number of allylic oxidation sites excluding steroid dienone is 3. The van der Waals surface area contributed by atoms with E-state index in [1.807, 2.05) is 47.7 Å². The Balaban J connectivity index is 0.973. The number of rotatable bonds is 6. The van der Waals surface area contributed by atoms with Crippen LogP contribution in [-0.2, 0) is 0 Å². The predicted molar refractivity (Wildman–Crippen MR) is 248 cm³/mol. The first kappa shape index (κ1) is 33.9. The minimum atomic E-state index is 0.690. The van der Waals surface area contributed by atoms with Crippen LogP contribution in [0, 0.1) is 0 Å². The highest BCUT2D eigenvalue weighted by Crippen LogP contribution is 2.40. The normalized spacial score (nSPS) is 13.1. The second-order valence-corrected chi connectivity index (χ2v) is 15.7. The third-order valence-corrected chi connectivity index (χ3v) is 12.2. The molecule has 0 saturated carbocycles. The van der Waals surface area contributed by atoms with E-state index >= 15 is 0 Å². The van der Waals surface area contributed by atoms with Gasteiger partial charge in [0.05, 0.1) is 22.4 Å². The molecule has 11 rings (SSSR count). The lowest BCUT2D eigenvalue weighted by molar-refractivity contribution is 1.18. The fraction of sp³-hybridized carbons (Fsp3) is 0. The summed E-state index contributed by atoms with van der Waals surface area (Å²) in [6.45, 7) is 0. The molecule has 0 amide bonds. The molecule has 0 saturated heterocycles. The molecule has 0 bridgehead atoms. The van der Waals surface area contributed by atoms with Gasteiger partial charge in [-0.25, -0.2) is 9.98 Å². The van der Waals surface area contributed by atoms with Gasteiger partial charge in [0, 0.05) is 53.3 Å². The number of thiophene rings is 1. The Bertz CT molecular complexity index is 3290. The SMILES string of the molecule is C1=CC(c2ccccc2)=NC(c2ccccc2)=NC(c2ccc3sc4cc(-c5ccc6c7ccccc7n(-c7ccc(-c8ccccc8)cc7)c6c5)ccc4c3c2)=C1. The van der Waals surface area contributed by atoms with Crippen LogP contribution in [0.15, 0.2) is 222 Å². The maximum absolute atomic E-state index is 5.20. The number of hydrogen-bond acceptors (Lipinski definition) is 3. The van der Waals surface area contributed by atoms with E-state index in [1.54, 1.807) is 0 Å². The lowest BCUT2D eigenvalue weighted by Crippen LogP contribution is -2.06. The average molecular weight is 758 g/mol. The summed E-state index contributed by atoms with van der Waals surface area (Å²) in [5, 5.41) is 4.99. The van der Waals surface area contributed by atoms with Crippen LogP contribution in [0.5, 0.6) is 0 Å². The van der Waals surface area contributed by atoms with E-state index in [-0.39, 0.29) is 0 Å². The van der Waals surface area contributed by atoms with Gasteiger partial charge in [-0.1, -0.05) is 158 Å². The minimum absolute atomic E-state index is 0.690. The summed E-state index contributed by atoms with van der Waals surface area (Å²) < 4.78 is 4.92. The molecule has 272 valence electrons. The Kier molecular flexibility index (Phi) is 8.34. The molecule has 2 aromatic heterocycles. The molecule has 3 nitrogen and oxygen atoms in total. The number of amidine groups is 1. The molecule has 0 atom stereocenters. The van der Waals surface area contributed by atoms with Gasteiger partial charge in [-0.05, 0) is 76.9 Å². The number of hydrogen-bond donors (Lipinski definition) is 0. The first-order valence-electron chi connectivity index (χ1n) is 19.6. The second-order valence-electron chi connectivity index (χ2n) is 14.6. The Labute approximate surface area is 340 Å². The molecule has 10 aromatic rings. The first-order valence-corrected chi connectivity index (χ1v) is 20.4. The van der Waals surface area contributed by atoms with E-state index in [9.17, 15) is 0 Å². The van der Waals surface area contributed by atoms with Crippen molar-refractivity contribution in [1.82, 2.24) is 4.57 Å². The van der Waals surface area contributed by atoms with Gasteiger partial charge >= 0.3 is 0 Å². The van der Waals surface area contributed by atoms with Gasteiger partial charge < -0.3 is 4.57 Å². The zero-order chi connectivity index (χ0) is 38.4. The number of fused-ring (bicyclic) bond motifs is 6. The lowest BCUT2D eigenvalue weighted by Gasteiger charge is -2.11. The standard InChI is InChI=1S/C54H35N3S/c1-4-13-36(14-5-1)37-23-28-43(29-24-37)57-50-22-11-10-19-44(50)45-30-25-40(34-51(45)57)41-26-31-46-47-33-42(27-32-52(47)58-53(46)35-41)49-21-12-20-48(38-15-6-2-7-16-38)55-54(56-49)39-17-8-3-9-18-39/h1-35H. The van der Waals surface area contributed by atoms with Crippen LogP contribution in [-0.4, -0.2) is 16.1 Å². The quantitative estimate of drug-likeness (QED) is 0.162. The summed E-state index contributed by atoms with van der Waals surface area (Å²) in [4.78, 5) is 10.3. The highest BCUT2D eigenvalue weighted by Gasteiger charge is 2.16. The average Bonchev–Trinajstić information content (AvgIpc) is 3.82. The Morgan fingerprint density at radius 3 is 1.76 bits per heavy atom. The lowest BCUT2D eigenvalue weighted by atomic mass is 10.0. The van der Waals surface area contributed by atoms with Crippen LogP contribution < -0.4 is 0 Å². The number of para-hydroxylation sites is 1. The third kappa shape index (κ3) is 6.08. The van der Waals surface area contributed by atoms with E-state index in [0.717, 1.165) is 33.8 Å². The molecule has 0 spiro atoms. The maximum Gasteiger partial charge on any atom is 0.160 e. The van der Waals surface area contributed by atoms with Crippen LogP contribution >= 0.6 is 11.3 Å². The van der Waals surface area contributed by atoms with Crippen molar-refractivity contribution in [3.8, 4) is 27.9 Å². The van der Waals surface area contributed by atoms with Crippen LogP contribution in [0.25, 0.3) is 75.6 Å². The zero-order valence-corrected chi connectivity index (χ0v) is 32.3. The van der Waals surface area contributed by atoms with Gasteiger partial charge in [0.15, 0.2) is 5.84 Å². The molecule has 3 heterocycles. The molecule has 0 N–H and O–H groups in total. The molecule has 1 aliphatic heterocycles. The fourth-order valence-corrected chi connectivity index (χ4v) is 9.31. The van der Waals surface area contributed by atoms with Gasteiger partial charge in [-0.15, -0.1) is 11.3 Å². The van der Waals surface area contributed by atoms with E-state index in [0.29, 0.717) is 5.84 Å². The number of aliphatic imine (C=N–C) groups is 2. The predicted octanol–water partition coefficient (Wildman–Crippen LogP) is 14.3. The molecule has 0 fully saturated rings. The van der Waals surface area contributed by atoms with E-state index in [1.165, 1.54) is 64.2 Å². The van der Waals surface area contributed by atoms with Crippen molar-refractivity contribution in [3.63, 3.8) is 0 Å². The molecule has 1 aliphatic rings. The van der Waals surface area contributed by atoms with Gasteiger partial charge in [0.2, 0.25) is 0 Å². The molecule has 0 aliphatic carbocycles. The zero-order valence-electron chi connectivity index (χ0n) is 31.5. The molecule has 4 heteroatoms. The van der Waals surface area contributed by atoms with Crippen molar-refractivity contribution >= 4 is 70.6 Å². The van der Waals surface area contributed by atoms with E-state index < -0.39 is 0 Å². The molecule has 0 unspecified atom stereocenters. The molecular formula is C54H35N3S. The molecule has 0 radical (unpaired) electrons. The summed E-state index contributed by atoms with van der Waals surface area (Å²) in [6, 6.07) is 69.3. The largest absolute Gasteiger partial charge is 0.309 e. The van der Waals surface area contributed by atoms with Gasteiger partial charge in [-0.3, -0.25) is 0 Å². The van der Waals surface area contributed by atoms with Gasteiger partial charge in [0.25, 0.3) is 0 Å². The summed E-state index contributed by atoms with van der Waals surface area (Å²) in [6.07, 6.45) is 6.23. The monoisotopic (exact) mass is 757 g/mol. The second kappa shape index (κ2) is 14.3. The maximum atomic E-state index is 5.20. The Morgan fingerprint density at radius 2 is 0.983 bits per heavy atom. The third-order valence-electron chi connectivity index (χ3n) is 11.1. The molecule has 58 heavy (non-hydrogen) atoms. The number of nitrogens with zero attached hydrogens (tertiary/aromatic N) is 3. The highest BCUT2D eigenvalue weighted by atomic mass is 32.1. The van der Waals surface area contributed by atoms with E-state index in [4.69, 9.17) is 9.98 Å². The Morgan fingerprint density at radius 1 is 0.379 bits per heavy atom. The molecular weight excluding hydrogens is 723 g/mol. The number of benzene rings is 8. The van der Waals surface area contributed by atoms with Crippen molar-refractivity contribution in [2.24, 2.45) is 9.98 Å². The van der Waals surface area contributed by atoms with Crippen LogP contribution in [0.4, 0.5) is 0 Å². The Hall–Kier alpha value is -7.40. The topological polar surface area (TPSA) is 29.6 Å². The van der Waals surface area contributed by atoms with Gasteiger partial charge in [-0.2, -0.15) is 0 Å². The highest BCUT2D eigenvalue weighted by molar-refractivity contribution is 7.25. The van der Waals surface area contributed by atoms with Gasteiger partial charge in [0.1, 0.15) is 0 Å². The van der Waals surface area contributed by atoms with Crippen molar-refractivity contribution in [1.29, 1.82) is 0 Å². The van der Waals surface area contributed by atoms with Crippen LogP contribution in [0.3, 0.4) is 0 Å². The molecule has 8 aromatic carbocycles. The van der Waals surface area contributed by atoms with Crippen LogP contribution in [0.2, 0.25) is 0 Å². The fourth-order valence-electron chi connectivity index (χ4n) is 8.18. The minimum Gasteiger partial charge on any atom is -0.309 e. The van der Waals surface area contributed by atoms with Crippen molar-refractivity contribution in [2.75, 3.05) is 0 Å². The summed E-state index contributed by atoms with van der Waals surface area (Å²) in [5.74, 6) is 0.690. The van der Waals surface area contributed by atoms with Crippen LogP contribution in [0.1, 0.15) is 16.7 Å². The summed E-state index contributed by atoms with van der Waals surface area (Å²) >= 11 is 1.84. The van der Waals surface area contributed by atoms with Crippen molar-refractivity contribution in [3.05, 3.63) is 229 Å². The summed E-state index contributed by atoms with van der Waals surface area (Å²) in [5.41, 5.74) is 13.2. The smallest absolute Gasteiger partial charge is 0.160 e. The number of aromatic nitrogens is 1.